The molecule has 0 bridgehead atoms. The van der Waals surface area contributed by atoms with Gasteiger partial charge in [-0.1, -0.05) is 11.3 Å². The van der Waals surface area contributed by atoms with Crippen LogP contribution in [0.15, 0.2) is 12.3 Å². The van der Waals surface area contributed by atoms with Gasteiger partial charge in [0.25, 0.3) is 0 Å². The lowest BCUT2D eigenvalue weighted by Crippen LogP contribution is -2.41. The molecule has 1 saturated heterocycles. The van der Waals surface area contributed by atoms with Crippen LogP contribution >= 0.6 is 11.3 Å². The standard InChI is InChI=1S/C14H16N6O2S/c1-9-18-12(20-14-17-7-11(5-15)23-14)4-13(19-9)22-8-10-6-16-2-3-21-10/h4,7,10,16H,2-3,6,8H2,1H3,(H,17,18,19,20). The number of anilines is 2. The molecule has 1 aliphatic heterocycles. The van der Waals surface area contributed by atoms with Gasteiger partial charge in [-0.15, -0.1) is 0 Å². The van der Waals surface area contributed by atoms with E-state index < -0.39 is 0 Å². The largest absolute Gasteiger partial charge is 0.475 e. The summed E-state index contributed by atoms with van der Waals surface area (Å²) in [6.45, 7) is 4.55. The quantitative estimate of drug-likeness (QED) is 0.842. The minimum atomic E-state index is 0.0209. The minimum Gasteiger partial charge on any atom is -0.475 e. The molecule has 2 aromatic rings. The molecule has 0 aromatic carbocycles. The van der Waals surface area contributed by atoms with Crippen LogP contribution in [0.4, 0.5) is 10.9 Å². The smallest absolute Gasteiger partial charge is 0.218 e. The third kappa shape index (κ3) is 4.35. The Morgan fingerprint density at radius 3 is 3.22 bits per heavy atom. The molecule has 0 spiro atoms. The number of thiazole rings is 1. The number of nitrogens with zero attached hydrogens (tertiary/aromatic N) is 4. The van der Waals surface area contributed by atoms with Gasteiger partial charge in [-0.05, 0) is 6.92 Å². The van der Waals surface area contributed by atoms with E-state index in [2.05, 4.69) is 31.7 Å². The number of ether oxygens (including phenoxy) is 2. The molecule has 1 aliphatic rings. The minimum absolute atomic E-state index is 0.0209. The van der Waals surface area contributed by atoms with E-state index in [0.717, 1.165) is 13.1 Å². The van der Waals surface area contributed by atoms with Gasteiger partial charge in [0.15, 0.2) is 5.13 Å². The normalized spacial score (nSPS) is 17.5. The molecule has 2 aromatic heterocycles. The molecule has 0 amide bonds. The third-order valence-electron chi connectivity index (χ3n) is 3.09. The number of hydrogen-bond donors (Lipinski definition) is 2. The number of nitrogens with one attached hydrogen (secondary N) is 2. The highest BCUT2D eigenvalue weighted by atomic mass is 32.1. The Labute approximate surface area is 137 Å². The summed E-state index contributed by atoms with van der Waals surface area (Å²) in [6.07, 6.45) is 1.54. The topological polar surface area (TPSA) is 105 Å². The molecule has 0 aliphatic carbocycles. The van der Waals surface area contributed by atoms with Crippen molar-refractivity contribution in [3.8, 4) is 11.9 Å². The maximum atomic E-state index is 8.83. The molecule has 3 rings (SSSR count). The van der Waals surface area contributed by atoms with E-state index in [9.17, 15) is 0 Å². The van der Waals surface area contributed by atoms with Gasteiger partial charge in [-0.25, -0.2) is 9.97 Å². The van der Waals surface area contributed by atoms with Gasteiger partial charge in [-0.2, -0.15) is 10.2 Å². The Kier molecular flexibility index (Phi) is 4.97. The Hall–Kier alpha value is -2.28. The van der Waals surface area contributed by atoms with Crippen molar-refractivity contribution in [1.29, 1.82) is 5.26 Å². The summed E-state index contributed by atoms with van der Waals surface area (Å²) < 4.78 is 11.3. The van der Waals surface area contributed by atoms with Crippen LogP contribution in [0.25, 0.3) is 0 Å². The molecular formula is C14H16N6O2S. The molecule has 1 atom stereocenters. The van der Waals surface area contributed by atoms with E-state index in [-0.39, 0.29) is 6.10 Å². The van der Waals surface area contributed by atoms with E-state index >= 15 is 0 Å². The summed E-state index contributed by atoms with van der Waals surface area (Å²) in [7, 11) is 0. The van der Waals surface area contributed by atoms with Crippen molar-refractivity contribution in [2.75, 3.05) is 31.6 Å². The fourth-order valence-electron chi connectivity index (χ4n) is 2.08. The number of aromatic nitrogens is 3. The zero-order chi connectivity index (χ0) is 16.1. The molecule has 9 heteroatoms. The summed E-state index contributed by atoms with van der Waals surface area (Å²) in [6, 6.07) is 3.76. The van der Waals surface area contributed by atoms with Crippen molar-refractivity contribution >= 4 is 22.3 Å². The highest BCUT2D eigenvalue weighted by Crippen LogP contribution is 2.22. The molecule has 0 radical (unpaired) electrons. The van der Waals surface area contributed by atoms with Gasteiger partial charge in [-0.3, -0.25) is 0 Å². The van der Waals surface area contributed by atoms with Gasteiger partial charge in [0, 0.05) is 19.2 Å². The zero-order valence-corrected chi connectivity index (χ0v) is 13.4. The predicted molar refractivity (Wildman–Crippen MR) is 85.0 cm³/mol. The van der Waals surface area contributed by atoms with Crippen molar-refractivity contribution in [3.63, 3.8) is 0 Å². The van der Waals surface area contributed by atoms with Crippen LogP contribution in [0.5, 0.6) is 5.88 Å². The maximum absolute atomic E-state index is 8.83. The molecule has 3 heterocycles. The van der Waals surface area contributed by atoms with Crippen LogP contribution in [-0.4, -0.2) is 47.4 Å². The molecule has 0 saturated carbocycles. The number of aryl methyl sites for hydroxylation is 1. The number of rotatable bonds is 5. The molecule has 1 fully saturated rings. The molecule has 2 N–H and O–H groups in total. The maximum Gasteiger partial charge on any atom is 0.218 e. The van der Waals surface area contributed by atoms with Crippen LogP contribution in [-0.2, 0) is 4.74 Å². The Morgan fingerprint density at radius 1 is 1.57 bits per heavy atom. The first-order valence-electron chi connectivity index (χ1n) is 7.16. The molecule has 1 unspecified atom stereocenters. The van der Waals surface area contributed by atoms with Crippen LogP contribution in [0.3, 0.4) is 0 Å². The van der Waals surface area contributed by atoms with Gasteiger partial charge < -0.3 is 20.1 Å². The van der Waals surface area contributed by atoms with Crippen LogP contribution in [0.1, 0.15) is 10.7 Å². The number of nitriles is 1. The second-order valence-electron chi connectivity index (χ2n) is 4.91. The average molecular weight is 332 g/mol. The van der Waals surface area contributed by atoms with Gasteiger partial charge in [0.1, 0.15) is 35.3 Å². The van der Waals surface area contributed by atoms with Gasteiger partial charge in [0.05, 0.1) is 12.8 Å². The second-order valence-corrected chi connectivity index (χ2v) is 5.94. The van der Waals surface area contributed by atoms with Crippen molar-refractivity contribution in [1.82, 2.24) is 20.3 Å². The molecule has 8 nitrogen and oxygen atoms in total. The Balaban J connectivity index is 1.64. The van der Waals surface area contributed by atoms with E-state index in [1.54, 1.807) is 13.0 Å². The summed E-state index contributed by atoms with van der Waals surface area (Å²) in [4.78, 5) is 13.2. The fraction of sp³-hybridized carbons (Fsp3) is 0.429. The molecular weight excluding hydrogens is 316 g/mol. The van der Waals surface area contributed by atoms with E-state index in [1.165, 1.54) is 17.5 Å². The second kappa shape index (κ2) is 7.32. The van der Waals surface area contributed by atoms with E-state index in [4.69, 9.17) is 14.7 Å². The van der Waals surface area contributed by atoms with Gasteiger partial charge in [0.2, 0.25) is 5.88 Å². The fourth-order valence-corrected chi connectivity index (χ4v) is 2.70. The Bertz CT molecular complexity index is 708. The van der Waals surface area contributed by atoms with Gasteiger partial charge >= 0.3 is 0 Å². The van der Waals surface area contributed by atoms with E-state index in [1.807, 2.05) is 0 Å². The highest BCUT2D eigenvalue weighted by Gasteiger charge is 2.15. The monoisotopic (exact) mass is 332 g/mol. The first-order valence-corrected chi connectivity index (χ1v) is 7.98. The van der Waals surface area contributed by atoms with Crippen molar-refractivity contribution in [2.24, 2.45) is 0 Å². The predicted octanol–water partition coefficient (Wildman–Crippen LogP) is 1.22. The van der Waals surface area contributed by atoms with Crippen LogP contribution < -0.4 is 15.4 Å². The summed E-state index contributed by atoms with van der Waals surface area (Å²) in [5, 5.41) is 15.7. The number of hydrogen-bond acceptors (Lipinski definition) is 9. The lowest BCUT2D eigenvalue weighted by Gasteiger charge is -2.23. The summed E-state index contributed by atoms with van der Waals surface area (Å²) in [5.41, 5.74) is 0. The van der Waals surface area contributed by atoms with E-state index in [0.29, 0.717) is 40.7 Å². The van der Waals surface area contributed by atoms with Crippen molar-refractivity contribution in [3.05, 3.63) is 23.0 Å². The lowest BCUT2D eigenvalue weighted by atomic mass is 10.3. The molecule has 120 valence electrons. The first kappa shape index (κ1) is 15.6. The Morgan fingerprint density at radius 2 is 2.48 bits per heavy atom. The first-order chi connectivity index (χ1) is 11.2. The SMILES string of the molecule is Cc1nc(Nc2ncc(C#N)s2)cc(OCC2CNCCO2)n1. The lowest BCUT2D eigenvalue weighted by molar-refractivity contribution is -0.000786. The average Bonchev–Trinajstić information content (AvgIpc) is 3.01. The molecule has 23 heavy (non-hydrogen) atoms. The summed E-state index contributed by atoms with van der Waals surface area (Å²) >= 11 is 1.26. The van der Waals surface area contributed by atoms with Crippen molar-refractivity contribution in [2.45, 2.75) is 13.0 Å². The highest BCUT2D eigenvalue weighted by molar-refractivity contribution is 7.16. The zero-order valence-electron chi connectivity index (χ0n) is 12.6. The summed E-state index contributed by atoms with van der Waals surface area (Å²) in [5.74, 6) is 1.64. The van der Waals surface area contributed by atoms with Crippen molar-refractivity contribution < 1.29 is 9.47 Å². The third-order valence-corrected chi connectivity index (χ3v) is 3.90. The van der Waals surface area contributed by atoms with Crippen LogP contribution in [0, 0.1) is 18.3 Å². The van der Waals surface area contributed by atoms with Crippen LogP contribution in [0.2, 0.25) is 0 Å². The number of morpholine rings is 1.